The third-order valence-corrected chi connectivity index (χ3v) is 4.17. The van der Waals surface area contributed by atoms with E-state index >= 15 is 0 Å². The molecule has 2 aromatic rings. The maximum Gasteiger partial charge on any atom is 0.125 e. The predicted molar refractivity (Wildman–Crippen MR) is 70.0 cm³/mol. The molecule has 0 bridgehead atoms. The summed E-state index contributed by atoms with van der Waals surface area (Å²) in [4.78, 5) is 3.24. The average Bonchev–Trinajstić information content (AvgIpc) is 2.85. The van der Waals surface area contributed by atoms with Crippen LogP contribution in [0.15, 0.2) is 18.2 Å². The molecule has 1 aromatic heterocycles. The van der Waals surface area contributed by atoms with E-state index in [1.54, 1.807) is 0 Å². The molecule has 2 atom stereocenters. The number of benzene rings is 1. The maximum atomic E-state index is 13.2. The van der Waals surface area contributed by atoms with Crippen molar-refractivity contribution < 1.29 is 9.50 Å². The van der Waals surface area contributed by atoms with Gasteiger partial charge in [-0.15, -0.1) is 0 Å². The Morgan fingerprint density at radius 2 is 2.22 bits per heavy atom. The molecule has 2 nitrogen and oxygen atoms in total. The first kappa shape index (κ1) is 11.7. The average molecular weight is 247 g/mol. The fourth-order valence-electron chi connectivity index (χ4n) is 3.14. The van der Waals surface area contributed by atoms with Crippen LogP contribution in [0.2, 0.25) is 0 Å². The van der Waals surface area contributed by atoms with Gasteiger partial charge in [0.2, 0.25) is 0 Å². The number of halogens is 1. The van der Waals surface area contributed by atoms with Gasteiger partial charge in [-0.25, -0.2) is 4.39 Å². The van der Waals surface area contributed by atoms with Gasteiger partial charge in [-0.2, -0.15) is 0 Å². The second-order valence-electron chi connectivity index (χ2n) is 5.38. The van der Waals surface area contributed by atoms with E-state index in [2.05, 4.69) is 4.98 Å². The Morgan fingerprint density at radius 1 is 1.39 bits per heavy atom. The Morgan fingerprint density at radius 3 is 2.94 bits per heavy atom. The lowest BCUT2D eigenvalue weighted by molar-refractivity contribution is 0.133. The number of aromatic amines is 1. The van der Waals surface area contributed by atoms with Crippen LogP contribution < -0.4 is 0 Å². The molecular formula is C15H18FNO. The topological polar surface area (TPSA) is 36.0 Å². The molecule has 0 amide bonds. The number of aliphatic hydroxyl groups excluding tert-OH is 1. The molecular weight excluding hydrogens is 229 g/mol. The smallest absolute Gasteiger partial charge is 0.125 e. The molecule has 3 heteroatoms. The summed E-state index contributed by atoms with van der Waals surface area (Å²) in [6.45, 7) is 2.02. The zero-order chi connectivity index (χ0) is 12.7. The summed E-state index contributed by atoms with van der Waals surface area (Å²) in [6.07, 6.45) is 3.84. The predicted octanol–water partition coefficient (Wildman–Crippen LogP) is 3.32. The lowest BCUT2D eigenvalue weighted by Gasteiger charge is -2.14. The molecule has 18 heavy (non-hydrogen) atoms. The molecule has 1 aliphatic carbocycles. The normalized spacial score (nSPS) is 23.9. The van der Waals surface area contributed by atoms with E-state index < -0.39 is 0 Å². The van der Waals surface area contributed by atoms with E-state index in [4.69, 9.17) is 0 Å². The van der Waals surface area contributed by atoms with Gasteiger partial charge in [0, 0.05) is 16.6 Å². The monoisotopic (exact) mass is 247 g/mol. The van der Waals surface area contributed by atoms with E-state index in [1.807, 2.05) is 13.0 Å². The lowest BCUT2D eigenvalue weighted by Crippen LogP contribution is -2.15. The number of aryl methyl sites for hydroxylation is 1. The highest BCUT2D eigenvalue weighted by Crippen LogP contribution is 2.32. The summed E-state index contributed by atoms with van der Waals surface area (Å²) in [5, 5.41) is 11.0. The van der Waals surface area contributed by atoms with Gasteiger partial charge < -0.3 is 10.1 Å². The molecule has 2 unspecified atom stereocenters. The number of aromatic nitrogens is 1. The minimum absolute atomic E-state index is 0.171. The van der Waals surface area contributed by atoms with E-state index in [9.17, 15) is 9.50 Å². The van der Waals surface area contributed by atoms with Crippen LogP contribution in [0.25, 0.3) is 10.9 Å². The molecule has 0 radical (unpaired) electrons. The molecule has 1 aromatic carbocycles. The number of aliphatic hydroxyl groups is 1. The SMILES string of the molecule is Cc1[nH]c2cc(F)ccc2c1CC1CCCC1O. The zero-order valence-corrected chi connectivity index (χ0v) is 10.5. The van der Waals surface area contributed by atoms with Crippen LogP contribution in [0, 0.1) is 18.7 Å². The van der Waals surface area contributed by atoms with Gasteiger partial charge in [0.25, 0.3) is 0 Å². The van der Waals surface area contributed by atoms with E-state index in [0.717, 1.165) is 42.3 Å². The summed E-state index contributed by atoms with van der Waals surface area (Å²) in [6, 6.07) is 4.88. The van der Waals surface area contributed by atoms with Crippen molar-refractivity contribution >= 4 is 10.9 Å². The Hall–Kier alpha value is -1.35. The molecule has 96 valence electrons. The summed E-state index contributed by atoms with van der Waals surface area (Å²) in [5.74, 6) is 0.143. The van der Waals surface area contributed by atoms with Crippen molar-refractivity contribution in [1.82, 2.24) is 4.98 Å². The number of H-pyrrole nitrogens is 1. The highest BCUT2D eigenvalue weighted by Gasteiger charge is 2.26. The Bertz CT molecular complexity index is 575. The van der Waals surface area contributed by atoms with Crippen molar-refractivity contribution in [3.63, 3.8) is 0 Å². The van der Waals surface area contributed by atoms with Gasteiger partial charge in [0.05, 0.1) is 6.10 Å². The first-order chi connectivity index (χ1) is 8.65. The fraction of sp³-hybridized carbons (Fsp3) is 0.467. The molecule has 0 spiro atoms. The molecule has 0 aliphatic heterocycles. The van der Waals surface area contributed by atoms with Crippen LogP contribution in [-0.4, -0.2) is 16.2 Å². The van der Waals surface area contributed by atoms with Crippen molar-refractivity contribution in [2.45, 2.75) is 38.7 Å². The summed E-state index contributed by atoms with van der Waals surface area (Å²) >= 11 is 0. The molecule has 1 saturated carbocycles. The standard InChI is InChI=1S/C15H18FNO/c1-9-13(7-10-3-2-4-15(10)18)12-6-5-11(16)8-14(12)17-9/h5-6,8,10,15,17-18H,2-4,7H2,1H3. The molecule has 0 saturated heterocycles. The summed E-state index contributed by atoms with van der Waals surface area (Å²) < 4.78 is 13.2. The van der Waals surface area contributed by atoms with Gasteiger partial charge in [-0.3, -0.25) is 0 Å². The minimum atomic E-state index is -0.212. The summed E-state index contributed by atoms with van der Waals surface area (Å²) in [7, 11) is 0. The molecule has 1 aliphatic rings. The molecule has 1 fully saturated rings. The number of rotatable bonds is 2. The van der Waals surface area contributed by atoms with Crippen LogP contribution >= 0.6 is 0 Å². The Labute approximate surface area is 106 Å². The molecule has 1 heterocycles. The van der Waals surface area contributed by atoms with E-state index in [0.29, 0.717) is 5.92 Å². The third kappa shape index (κ3) is 1.93. The summed E-state index contributed by atoms with van der Waals surface area (Å²) in [5.41, 5.74) is 3.18. The largest absolute Gasteiger partial charge is 0.393 e. The van der Waals surface area contributed by atoms with Crippen LogP contribution in [0.3, 0.4) is 0 Å². The number of hydrogen-bond donors (Lipinski definition) is 2. The Kier molecular flexibility index (Phi) is 2.86. The van der Waals surface area contributed by atoms with Gasteiger partial charge in [-0.05, 0) is 55.9 Å². The highest BCUT2D eigenvalue weighted by molar-refractivity contribution is 5.84. The van der Waals surface area contributed by atoms with Gasteiger partial charge in [-0.1, -0.05) is 6.42 Å². The molecule has 2 N–H and O–H groups in total. The number of hydrogen-bond acceptors (Lipinski definition) is 1. The second kappa shape index (κ2) is 4.39. The van der Waals surface area contributed by atoms with Crippen LogP contribution in [0.5, 0.6) is 0 Å². The van der Waals surface area contributed by atoms with Gasteiger partial charge >= 0.3 is 0 Å². The first-order valence-corrected chi connectivity index (χ1v) is 6.60. The van der Waals surface area contributed by atoms with Crippen molar-refractivity contribution in [3.8, 4) is 0 Å². The molecule has 3 rings (SSSR count). The maximum absolute atomic E-state index is 13.2. The number of fused-ring (bicyclic) bond motifs is 1. The van der Waals surface area contributed by atoms with Crippen molar-refractivity contribution in [3.05, 3.63) is 35.3 Å². The quantitative estimate of drug-likeness (QED) is 0.839. The highest BCUT2D eigenvalue weighted by atomic mass is 19.1. The van der Waals surface area contributed by atoms with Crippen molar-refractivity contribution in [2.24, 2.45) is 5.92 Å². The second-order valence-corrected chi connectivity index (χ2v) is 5.38. The fourth-order valence-corrected chi connectivity index (χ4v) is 3.14. The van der Waals surface area contributed by atoms with Crippen LogP contribution in [-0.2, 0) is 6.42 Å². The van der Waals surface area contributed by atoms with Crippen LogP contribution in [0.4, 0.5) is 4.39 Å². The third-order valence-electron chi connectivity index (χ3n) is 4.17. The van der Waals surface area contributed by atoms with Crippen molar-refractivity contribution in [1.29, 1.82) is 0 Å². The Balaban J connectivity index is 1.98. The number of nitrogens with one attached hydrogen (secondary N) is 1. The van der Waals surface area contributed by atoms with Crippen LogP contribution in [0.1, 0.15) is 30.5 Å². The van der Waals surface area contributed by atoms with Gasteiger partial charge in [0.1, 0.15) is 5.82 Å². The van der Waals surface area contributed by atoms with E-state index in [-0.39, 0.29) is 11.9 Å². The van der Waals surface area contributed by atoms with Crippen molar-refractivity contribution in [2.75, 3.05) is 0 Å². The van der Waals surface area contributed by atoms with Gasteiger partial charge in [0.15, 0.2) is 0 Å². The first-order valence-electron chi connectivity index (χ1n) is 6.60. The lowest BCUT2D eigenvalue weighted by atomic mass is 9.94. The van der Waals surface area contributed by atoms with E-state index in [1.165, 1.54) is 17.7 Å². The minimum Gasteiger partial charge on any atom is -0.393 e. The zero-order valence-electron chi connectivity index (χ0n) is 10.5.